The first kappa shape index (κ1) is 19.5. The quantitative estimate of drug-likeness (QED) is 0.302. The van der Waals surface area contributed by atoms with Gasteiger partial charge in [-0.1, -0.05) is 0 Å². The van der Waals surface area contributed by atoms with Gasteiger partial charge in [-0.15, -0.1) is 11.8 Å². The van der Waals surface area contributed by atoms with E-state index in [2.05, 4.69) is 5.32 Å². The molecule has 10 nitrogen and oxygen atoms in total. The van der Waals surface area contributed by atoms with E-state index in [4.69, 9.17) is 10.8 Å². The van der Waals surface area contributed by atoms with Crippen LogP contribution in [0.15, 0.2) is 0 Å². The molecule has 0 bridgehead atoms. The number of amides is 2. The second-order valence-corrected chi connectivity index (χ2v) is 7.40. The van der Waals surface area contributed by atoms with Gasteiger partial charge < -0.3 is 31.3 Å². The largest absolute Gasteiger partial charge is 0.481 e. The standard InChI is InChI=1S/C14H21N3O7S/c15-7(12(21)22)2-1-3-8(19)16-9-10(20)17-4-14(5-18,13(23)24)6-25-11(9)17/h7,9,11,18H,1-6,15H2,(H,16,19)(H,21,22)(H,23,24)/t7?,9?,11-,14?/m1/s1. The van der Waals surface area contributed by atoms with Gasteiger partial charge in [-0.2, -0.15) is 0 Å². The fourth-order valence-corrected chi connectivity index (χ4v) is 4.30. The molecule has 0 spiro atoms. The smallest absolute Gasteiger partial charge is 0.320 e. The summed E-state index contributed by atoms with van der Waals surface area (Å²) >= 11 is 1.21. The van der Waals surface area contributed by atoms with Crippen molar-refractivity contribution in [3.8, 4) is 0 Å². The highest BCUT2D eigenvalue weighted by Gasteiger charge is 2.57. The number of aliphatic carboxylic acids is 2. The Balaban J connectivity index is 1.82. The van der Waals surface area contributed by atoms with Crippen molar-refractivity contribution in [1.82, 2.24) is 10.2 Å². The predicted octanol–water partition coefficient (Wildman–Crippen LogP) is -1.97. The summed E-state index contributed by atoms with van der Waals surface area (Å²) in [6, 6.07) is -1.75. The molecule has 0 aromatic carbocycles. The Labute approximate surface area is 147 Å². The van der Waals surface area contributed by atoms with Gasteiger partial charge in [0.1, 0.15) is 22.9 Å². The number of fused-ring (bicyclic) bond motifs is 1. The van der Waals surface area contributed by atoms with Gasteiger partial charge >= 0.3 is 11.9 Å². The van der Waals surface area contributed by atoms with Crippen molar-refractivity contribution >= 4 is 35.5 Å². The van der Waals surface area contributed by atoms with E-state index in [1.54, 1.807) is 0 Å². The fraction of sp³-hybridized carbons (Fsp3) is 0.714. The summed E-state index contributed by atoms with van der Waals surface area (Å²) in [6.45, 7) is -0.651. The number of nitrogens with zero attached hydrogens (tertiary/aromatic N) is 1. The predicted molar refractivity (Wildman–Crippen MR) is 86.5 cm³/mol. The third kappa shape index (κ3) is 3.88. The van der Waals surface area contributed by atoms with E-state index in [-0.39, 0.29) is 48.7 Å². The Hall–Kier alpha value is -1.85. The van der Waals surface area contributed by atoms with E-state index in [0.717, 1.165) is 0 Å². The number of nitrogens with two attached hydrogens (primary N) is 1. The highest BCUT2D eigenvalue weighted by molar-refractivity contribution is 8.00. The number of carbonyl (C=O) groups excluding carboxylic acids is 2. The number of carbonyl (C=O) groups is 4. The molecule has 2 amide bonds. The van der Waals surface area contributed by atoms with Crippen LogP contribution >= 0.6 is 11.8 Å². The number of hydrogen-bond donors (Lipinski definition) is 5. The molecule has 25 heavy (non-hydrogen) atoms. The third-order valence-corrected chi connectivity index (χ3v) is 6.04. The number of thioether (sulfide) groups is 1. The van der Waals surface area contributed by atoms with Gasteiger partial charge in [-0.3, -0.25) is 19.2 Å². The fourth-order valence-electron chi connectivity index (χ4n) is 2.77. The number of carboxylic acid groups (broad SMARTS) is 2. The first-order chi connectivity index (χ1) is 11.7. The zero-order chi connectivity index (χ0) is 18.8. The molecule has 0 aromatic heterocycles. The van der Waals surface area contributed by atoms with Gasteiger partial charge in [0, 0.05) is 18.7 Å². The van der Waals surface area contributed by atoms with Crippen molar-refractivity contribution < 1.29 is 34.5 Å². The van der Waals surface area contributed by atoms with Gasteiger partial charge in [-0.05, 0) is 12.8 Å². The van der Waals surface area contributed by atoms with Crippen molar-refractivity contribution in [2.45, 2.75) is 36.7 Å². The van der Waals surface area contributed by atoms with Crippen molar-refractivity contribution in [3.05, 3.63) is 0 Å². The topological polar surface area (TPSA) is 170 Å². The van der Waals surface area contributed by atoms with Crippen molar-refractivity contribution in [1.29, 1.82) is 0 Å². The molecular formula is C14H21N3O7S. The Morgan fingerprint density at radius 3 is 2.64 bits per heavy atom. The Morgan fingerprint density at radius 1 is 1.40 bits per heavy atom. The van der Waals surface area contributed by atoms with E-state index in [1.165, 1.54) is 16.7 Å². The van der Waals surface area contributed by atoms with Crippen LogP contribution in [0.4, 0.5) is 0 Å². The summed E-state index contributed by atoms with van der Waals surface area (Å²) in [6.07, 6.45) is 0.496. The maximum absolute atomic E-state index is 12.2. The van der Waals surface area contributed by atoms with E-state index in [9.17, 15) is 29.4 Å². The summed E-state index contributed by atoms with van der Waals surface area (Å²) in [5.41, 5.74) is 3.97. The van der Waals surface area contributed by atoms with Crippen LogP contribution in [0.2, 0.25) is 0 Å². The molecule has 140 valence electrons. The van der Waals surface area contributed by atoms with Crippen LogP contribution in [-0.4, -0.2) is 80.3 Å². The monoisotopic (exact) mass is 375 g/mol. The molecule has 11 heteroatoms. The molecule has 2 saturated heterocycles. The molecular weight excluding hydrogens is 354 g/mol. The summed E-state index contributed by atoms with van der Waals surface area (Å²) in [5.74, 6) is -2.90. The molecule has 0 saturated carbocycles. The molecule has 2 aliphatic heterocycles. The van der Waals surface area contributed by atoms with Crippen LogP contribution in [0.3, 0.4) is 0 Å². The minimum absolute atomic E-state index is 0.0534. The molecule has 0 radical (unpaired) electrons. The lowest BCUT2D eigenvalue weighted by atomic mass is 9.88. The lowest BCUT2D eigenvalue weighted by Gasteiger charge is -2.53. The van der Waals surface area contributed by atoms with E-state index >= 15 is 0 Å². The Morgan fingerprint density at radius 2 is 2.08 bits per heavy atom. The van der Waals surface area contributed by atoms with Gasteiger partial charge in [-0.25, -0.2) is 0 Å². The molecule has 2 fully saturated rings. The highest BCUT2D eigenvalue weighted by atomic mass is 32.2. The zero-order valence-electron chi connectivity index (χ0n) is 13.4. The van der Waals surface area contributed by atoms with E-state index < -0.39 is 36.0 Å². The molecule has 2 rings (SSSR count). The summed E-state index contributed by atoms with van der Waals surface area (Å²) in [5, 5.41) is 29.5. The number of carboxylic acids is 2. The second kappa shape index (κ2) is 7.58. The van der Waals surface area contributed by atoms with Gasteiger partial charge in [0.25, 0.3) is 0 Å². The Kier molecular flexibility index (Phi) is 5.91. The summed E-state index contributed by atoms with van der Waals surface area (Å²) in [4.78, 5) is 47.3. The van der Waals surface area contributed by atoms with Crippen LogP contribution in [-0.2, 0) is 19.2 Å². The van der Waals surface area contributed by atoms with Crippen molar-refractivity contribution in [3.63, 3.8) is 0 Å². The first-order valence-corrected chi connectivity index (χ1v) is 8.81. The lowest BCUT2D eigenvalue weighted by Crippen LogP contribution is -2.74. The molecule has 4 atom stereocenters. The minimum atomic E-state index is -1.38. The number of β-lactam (4-membered cyclic amide) rings is 1. The van der Waals surface area contributed by atoms with E-state index in [1.807, 2.05) is 0 Å². The molecule has 3 unspecified atom stereocenters. The maximum atomic E-state index is 12.2. The van der Waals surface area contributed by atoms with Crippen LogP contribution < -0.4 is 11.1 Å². The average molecular weight is 375 g/mol. The van der Waals surface area contributed by atoms with E-state index in [0.29, 0.717) is 0 Å². The highest BCUT2D eigenvalue weighted by Crippen LogP contribution is 2.41. The third-order valence-electron chi connectivity index (χ3n) is 4.45. The lowest BCUT2D eigenvalue weighted by molar-refractivity contribution is -0.161. The van der Waals surface area contributed by atoms with Gasteiger partial charge in [0.2, 0.25) is 11.8 Å². The number of aliphatic hydroxyl groups is 1. The summed E-state index contributed by atoms with van der Waals surface area (Å²) in [7, 11) is 0. The van der Waals surface area contributed by atoms with Gasteiger partial charge in [0.05, 0.1) is 6.61 Å². The van der Waals surface area contributed by atoms with Gasteiger partial charge in [0.15, 0.2) is 0 Å². The van der Waals surface area contributed by atoms with Crippen LogP contribution in [0.5, 0.6) is 0 Å². The molecule has 2 heterocycles. The number of aliphatic hydroxyl groups excluding tert-OH is 1. The van der Waals surface area contributed by atoms with Crippen molar-refractivity contribution in [2.24, 2.45) is 11.1 Å². The number of hydrogen-bond acceptors (Lipinski definition) is 7. The van der Waals surface area contributed by atoms with Crippen LogP contribution in [0.25, 0.3) is 0 Å². The first-order valence-electron chi connectivity index (χ1n) is 7.76. The zero-order valence-corrected chi connectivity index (χ0v) is 14.2. The van der Waals surface area contributed by atoms with Crippen LogP contribution in [0, 0.1) is 5.41 Å². The number of rotatable bonds is 8. The average Bonchev–Trinajstić information content (AvgIpc) is 2.58. The Bertz CT molecular complexity index is 587. The SMILES string of the molecule is NC(CCCC(=O)NC1C(=O)N2CC(CO)(C(=O)O)CS[C@H]12)C(=O)O. The minimum Gasteiger partial charge on any atom is -0.481 e. The van der Waals surface area contributed by atoms with Crippen molar-refractivity contribution in [2.75, 3.05) is 18.9 Å². The molecule has 2 aliphatic rings. The number of nitrogens with one attached hydrogen (secondary N) is 1. The second-order valence-electron chi connectivity index (χ2n) is 6.29. The normalized spacial score (nSPS) is 29.4. The van der Waals surface area contributed by atoms with Crippen LogP contribution in [0.1, 0.15) is 19.3 Å². The summed E-state index contributed by atoms with van der Waals surface area (Å²) < 4.78 is 0. The maximum Gasteiger partial charge on any atom is 0.320 e. The molecule has 0 aromatic rings. The molecule has 6 N–H and O–H groups in total. The molecule has 0 aliphatic carbocycles.